The second kappa shape index (κ2) is 7.37. The molecule has 0 aliphatic rings. The van der Waals surface area contributed by atoms with Crippen molar-refractivity contribution in [2.45, 2.75) is 31.7 Å². The van der Waals surface area contributed by atoms with E-state index in [1.807, 2.05) is 30.3 Å². The number of benzene rings is 2. The monoisotopic (exact) mass is 334 g/mol. The molecule has 2 atom stereocenters. The summed E-state index contributed by atoms with van der Waals surface area (Å²) in [6.45, 7) is 1.71. The molecule has 2 unspecified atom stereocenters. The Labute approximate surface area is 138 Å². The summed E-state index contributed by atoms with van der Waals surface area (Å²) in [5, 5.41) is 22.3. The minimum Gasteiger partial charge on any atom is -0.391 e. The molecule has 6 heteroatoms. The number of nitrogens with zero attached hydrogens (tertiary/aromatic N) is 1. The van der Waals surface area contributed by atoms with E-state index < -0.39 is 23.9 Å². The Kier molecular flexibility index (Phi) is 5.47. The molecule has 2 rings (SSSR count). The van der Waals surface area contributed by atoms with Gasteiger partial charge >= 0.3 is 6.18 Å². The van der Waals surface area contributed by atoms with Crippen LogP contribution in [0.2, 0.25) is 0 Å². The first kappa shape index (κ1) is 17.8. The van der Waals surface area contributed by atoms with E-state index in [-0.39, 0.29) is 11.3 Å². The van der Waals surface area contributed by atoms with Gasteiger partial charge in [-0.1, -0.05) is 30.3 Å². The molecule has 0 aliphatic carbocycles. The first-order valence-corrected chi connectivity index (χ1v) is 7.41. The molecule has 0 amide bonds. The lowest BCUT2D eigenvalue weighted by Gasteiger charge is -2.22. The third-order valence-corrected chi connectivity index (χ3v) is 3.72. The second-order valence-electron chi connectivity index (χ2n) is 5.56. The predicted octanol–water partition coefficient (Wildman–Crippen LogP) is 3.98. The molecule has 0 aliphatic heterocycles. The molecule has 2 aromatic carbocycles. The van der Waals surface area contributed by atoms with Gasteiger partial charge in [-0.25, -0.2) is 0 Å². The molecule has 0 saturated heterocycles. The molecule has 0 saturated carbocycles. The summed E-state index contributed by atoms with van der Waals surface area (Å²) in [6.07, 6.45) is -4.85. The van der Waals surface area contributed by atoms with Crippen molar-refractivity contribution in [1.82, 2.24) is 0 Å². The van der Waals surface area contributed by atoms with E-state index in [2.05, 4.69) is 5.32 Å². The topological polar surface area (TPSA) is 56.0 Å². The maximum Gasteiger partial charge on any atom is 0.416 e. The lowest BCUT2D eigenvalue weighted by molar-refractivity contribution is -0.137. The molecular formula is C18H17F3N2O. The van der Waals surface area contributed by atoms with Crippen molar-refractivity contribution in [3.05, 3.63) is 65.2 Å². The zero-order valence-corrected chi connectivity index (χ0v) is 13.0. The lowest BCUT2D eigenvalue weighted by atomic mass is 10.0. The van der Waals surface area contributed by atoms with Gasteiger partial charge in [0.25, 0.3) is 0 Å². The van der Waals surface area contributed by atoms with E-state index in [0.29, 0.717) is 6.42 Å². The number of alkyl halides is 3. The number of hydrogen-bond acceptors (Lipinski definition) is 3. The zero-order chi connectivity index (χ0) is 17.7. The highest BCUT2D eigenvalue weighted by atomic mass is 19.4. The molecule has 0 fully saturated rings. The Morgan fingerprint density at radius 1 is 1.17 bits per heavy atom. The molecule has 3 nitrogen and oxygen atoms in total. The zero-order valence-electron chi connectivity index (χ0n) is 13.0. The average molecular weight is 334 g/mol. The third-order valence-electron chi connectivity index (χ3n) is 3.72. The van der Waals surface area contributed by atoms with Gasteiger partial charge in [-0.2, -0.15) is 18.4 Å². The Balaban J connectivity index is 2.11. The fourth-order valence-electron chi connectivity index (χ4n) is 2.31. The number of rotatable bonds is 5. The van der Waals surface area contributed by atoms with Crippen LogP contribution < -0.4 is 5.32 Å². The molecule has 2 N–H and O–H groups in total. The Hall–Kier alpha value is -2.52. The average Bonchev–Trinajstić information content (AvgIpc) is 2.55. The van der Waals surface area contributed by atoms with E-state index in [0.717, 1.165) is 17.7 Å². The summed E-state index contributed by atoms with van der Waals surface area (Å²) in [7, 11) is 0. The van der Waals surface area contributed by atoms with Crippen LogP contribution >= 0.6 is 0 Å². The number of nitriles is 1. The van der Waals surface area contributed by atoms with Crippen molar-refractivity contribution in [3.8, 4) is 6.07 Å². The fourth-order valence-corrected chi connectivity index (χ4v) is 2.31. The van der Waals surface area contributed by atoms with Crippen molar-refractivity contribution < 1.29 is 18.3 Å². The molecule has 0 aromatic heterocycles. The normalized spacial score (nSPS) is 13.8. The van der Waals surface area contributed by atoms with E-state index in [1.54, 1.807) is 13.0 Å². The van der Waals surface area contributed by atoms with Crippen molar-refractivity contribution in [3.63, 3.8) is 0 Å². The fraction of sp³-hybridized carbons (Fsp3) is 0.278. The molecule has 24 heavy (non-hydrogen) atoms. The van der Waals surface area contributed by atoms with Crippen LogP contribution in [0.3, 0.4) is 0 Å². The number of halogens is 3. The Bertz CT molecular complexity index is 723. The quantitative estimate of drug-likeness (QED) is 0.869. The van der Waals surface area contributed by atoms with E-state index >= 15 is 0 Å². The maximum absolute atomic E-state index is 12.7. The van der Waals surface area contributed by atoms with Gasteiger partial charge in [-0.05, 0) is 30.7 Å². The standard InChI is InChI=1S/C18H17F3N2O/c1-12(17(24)9-13-5-3-2-4-6-13)23-16-8-7-15(18(19,20)21)10-14(16)11-22/h2-8,10,12,17,23-24H,9H2,1H3. The van der Waals surface area contributed by atoms with Crippen molar-refractivity contribution in [2.75, 3.05) is 5.32 Å². The highest BCUT2D eigenvalue weighted by Gasteiger charge is 2.31. The van der Waals surface area contributed by atoms with E-state index in [9.17, 15) is 18.3 Å². The number of anilines is 1. The van der Waals surface area contributed by atoms with Gasteiger partial charge < -0.3 is 10.4 Å². The minimum absolute atomic E-state index is 0.108. The van der Waals surface area contributed by atoms with E-state index in [1.165, 1.54) is 6.07 Å². The Morgan fingerprint density at radius 3 is 2.42 bits per heavy atom. The maximum atomic E-state index is 12.7. The molecule has 0 heterocycles. The van der Waals surface area contributed by atoms with Crippen molar-refractivity contribution in [2.24, 2.45) is 0 Å². The van der Waals surface area contributed by atoms with Crippen LogP contribution in [0.25, 0.3) is 0 Å². The predicted molar refractivity (Wildman–Crippen MR) is 85.4 cm³/mol. The smallest absolute Gasteiger partial charge is 0.391 e. The van der Waals surface area contributed by atoms with E-state index in [4.69, 9.17) is 5.26 Å². The van der Waals surface area contributed by atoms with Crippen molar-refractivity contribution in [1.29, 1.82) is 5.26 Å². The Morgan fingerprint density at radius 2 is 1.83 bits per heavy atom. The third kappa shape index (κ3) is 4.49. The van der Waals surface area contributed by atoms with Gasteiger partial charge in [0.15, 0.2) is 0 Å². The van der Waals surface area contributed by atoms with Crippen LogP contribution in [-0.2, 0) is 12.6 Å². The number of hydrogen-bond donors (Lipinski definition) is 2. The highest BCUT2D eigenvalue weighted by Crippen LogP contribution is 2.31. The molecule has 0 bridgehead atoms. The first-order chi connectivity index (χ1) is 11.3. The molecule has 126 valence electrons. The summed E-state index contributed by atoms with van der Waals surface area (Å²) in [5.41, 5.74) is 0.238. The summed E-state index contributed by atoms with van der Waals surface area (Å²) in [5.74, 6) is 0. The number of nitrogens with one attached hydrogen (secondary N) is 1. The number of aliphatic hydroxyl groups is 1. The van der Waals surface area contributed by atoms with Gasteiger partial charge in [0.2, 0.25) is 0 Å². The van der Waals surface area contributed by atoms with Crippen LogP contribution in [-0.4, -0.2) is 17.3 Å². The van der Waals surface area contributed by atoms with Crippen LogP contribution in [0.15, 0.2) is 48.5 Å². The molecular weight excluding hydrogens is 317 g/mol. The van der Waals surface area contributed by atoms with Gasteiger partial charge in [0.05, 0.1) is 22.9 Å². The summed E-state index contributed by atoms with van der Waals surface area (Å²) >= 11 is 0. The summed E-state index contributed by atoms with van der Waals surface area (Å²) in [4.78, 5) is 0. The highest BCUT2D eigenvalue weighted by molar-refractivity contribution is 5.59. The van der Waals surface area contributed by atoms with Crippen LogP contribution in [0.4, 0.5) is 18.9 Å². The van der Waals surface area contributed by atoms with Gasteiger partial charge in [0, 0.05) is 12.5 Å². The lowest BCUT2D eigenvalue weighted by Crippen LogP contribution is -2.32. The van der Waals surface area contributed by atoms with Crippen LogP contribution in [0.1, 0.15) is 23.6 Å². The molecule has 0 radical (unpaired) electrons. The van der Waals surface area contributed by atoms with Crippen molar-refractivity contribution >= 4 is 5.69 Å². The minimum atomic E-state index is -4.50. The van der Waals surface area contributed by atoms with Gasteiger partial charge in [-0.3, -0.25) is 0 Å². The summed E-state index contributed by atoms with van der Waals surface area (Å²) < 4.78 is 38.1. The summed E-state index contributed by atoms with van der Waals surface area (Å²) in [6, 6.07) is 13.6. The first-order valence-electron chi connectivity index (χ1n) is 7.41. The van der Waals surface area contributed by atoms with Crippen LogP contribution in [0.5, 0.6) is 0 Å². The van der Waals surface area contributed by atoms with Gasteiger partial charge in [0.1, 0.15) is 6.07 Å². The van der Waals surface area contributed by atoms with Crippen LogP contribution in [0, 0.1) is 11.3 Å². The SMILES string of the molecule is CC(Nc1ccc(C(F)(F)F)cc1C#N)C(O)Cc1ccccc1. The molecule has 2 aromatic rings. The van der Waals surface area contributed by atoms with Gasteiger partial charge in [-0.15, -0.1) is 0 Å². The number of aliphatic hydroxyl groups excluding tert-OH is 1. The largest absolute Gasteiger partial charge is 0.416 e. The molecule has 0 spiro atoms. The second-order valence-corrected chi connectivity index (χ2v) is 5.56.